The second-order valence-corrected chi connectivity index (χ2v) is 7.28. The number of benzene rings is 1. The Hall–Kier alpha value is -1.43. The van der Waals surface area contributed by atoms with E-state index in [1.807, 2.05) is 11.0 Å². The minimum Gasteiger partial charge on any atom is -0.366 e. The molecule has 2 unspecified atom stereocenters. The van der Waals surface area contributed by atoms with Crippen LogP contribution in [-0.2, 0) is 16.1 Å². The van der Waals surface area contributed by atoms with Crippen LogP contribution in [0, 0.1) is 5.92 Å². The molecular formula is C19H29N3O2. The van der Waals surface area contributed by atoms with E-state index >= 15 is 0 Å². The molecule has 2 saturated heterocycles. The molecular weight excluding hydrogens is 302 g/mol. The Labute approximate surface area is 145 Å². The van der Waals surface area contributed by atoms with Crippen molar-refractivity contribution in [2.24, 2.45) is 5.92 Å². The number of nitrogens with zero attached hydrogens (tertiary/aromatic N) is 3. The Bertz CT molecular complexity index is 535. The average Bonchev–Trinajstić information content (AvgIpc) is 3.03. The second-order valence-electron chi connectivity index (χ2n) is 7.28. The largest absolute Gasteiger partial charge is 0.366 e. The summed E-state index contributed by atoms with van der Waals surface area (Å²) in [5, 5.41) is 0. The molecule has 1 amide bonds. The standard InChI is InChI=1S/C19H29N3O2/c1-20(2)12-17-8-9-22(14-17)19(23)18-15-21(10-11-24-18)13-16-6-4-3-5-7-16/h3-7,17-18H,8-15H2,1-2H3. The predicted molar refractivity (Wildman–Crippen MR) is 94.7 cm³/mol. The van der Waals surface area contributed by atoms with Crippen LogP contribution >= 0.6 is 0 Å². The summed E-state index contributed by atoms with van der Waals surface area (Å²) in [4.78, 5) is 19.3. The minimum atomic E-state index is -0.305. The molecule has 2 fully saturated rings. The fraction of sp³-hybridized carbons (Fsp3) is 0.632. The SMILES string of the molecule is CN(C)CC1CCN(C(=O)C2CN(Cc3ccccc3)CCO2)C1. The van der Waals surface area contributed by atoms with Gasteiger partial charge >= 0.3 is 0 Å². The van der Waals surface area contributed by atoms with Gasteiger partial charge in [-0.15, -0.1) is 0 Å². The Morgan fingerprint density at radius 3 is 2.75 bits per heavy atom. The lowest BCUT2D eigenvalue weighted by Gasteiger charge is -2.34. The molecule has 1 aromatic rings. The molecule has 5 heteroatoms. The minimum absolute atomic E-state index is 0.175. The number of amides is 1. The highest BCUT2D eigenvalue weighted by Gasteiger charge is 2.34. The zero-order valence-corrected chi connectivity index (χ0v) is 14.9. The summed E-state index contributed by atoms with van der Waals surface area (Å²) in [6.45, 7) is 5.90. The van der Waals surface area contributed by atoms with Crippen LogP contribution in [0.25, 0.3) is 0 Å². The third kappa shape index (κ3) is 4.56. The van der Waals surface area contributed by atoms with Crippen LogP contribution in [0.2, 0.25) is 0 Å². The molecule has 0 aliphatic carbocycles. The number of hydrogen-bond donors (Lipinski definition) is 0. The smallest absolute Gasteiger partial charge is 0.253 e. The maximum absolute atomic E-state index is 12.8. The van der Waals surface area contributed by atoms with Gasteiger partial charge in [0.05, 0.1) is 6.61 Å². The van der Waals surface area contributed by atoms with E-state index in [1.54, 1.807) is 0 Å². The van der Waals surface area contributed by atoms with Gasteiger partial charge in [0.25, 0.3) is 5.91 Å². The van der Waals surface area contributed by atoms with Crippen molar-refractivity contribution in [2.75, 3.05) is 53.4 Å². The third-order valence-electron chi connectivity index (χ3n) is 4.90. The highest BCUT2D eigenvalue weighted by Crippen LogP contribution is 2.20. The maximum Gasteiger partial charge on any atom is 0.253 e. The first-order valence-corrected chi connectivity index (χ1v) is 8.93. The van der Waals surface area contributed by atoms with Gasteiger partial charge < -0.3 is 14.5 Å². The van der Waals surface area contributed by atoms with Crippen LogP contribution in [0.15, 0.2) is 30.3 Å². The van der Waals surface area contributed by atoms with E-state index in [4.69, 9.17) is 4.74 Å². The summed E-state index contributed by atoms with van der Waals surface area (Å²) in [6.07, 6.45) is 0.797. The van der Waals surface area contributed by atoms with Crippen molar-refractivity contribution in [1.29, 1.82) is 0 Å². The van der Waals surface area contributed by atoms with Gasteiger partial charge in [-0.2, -0.15) is 0 Å². The van der Waals surface area contributed by atoms with Crippen molar-refractivity contribution in [2.45, 2.75) is 19.1 Å². The summed E-state index contributed by atoms with van der Waals surface area (Å²) < 4.78 is 5.79. The van der Waals surface area contributed by atoms with Crippen molar-refractivity contribution in [3.05, 3.63) is 35.9 Å². The quantitative estimate of drug-likeness (QED) is 0.815. The van der Waals surface area contributed by atoms with Crippen molar-refractivity contribution >= 4 is 5.91 Å². The van der Waals surface area contributed by atoms with E-state index in [1.165, 1.54) is 5.56 Å². The van der Waals surface area contributed by atoms with Gasteiger partial charge in [0.2, 0.25) is 0 Å². The Kier molecular flexibility index (Phi) is 5.87. The number of hydrogen-bond acceptors (Lipinski definition) is 4. The van der Waals surface area contributed by atoms with Crippen LogP contribution in [0.1, 0.15) is 12.0 Å². The van der Waals surface area contributed by atoms with Gasteiger partial charge in [0.1, 0.15) is 6.10 Å². The molecule has 2 aliphatic rings. The Balaban J connectivity index is 1.52. The first-order valence-electron chi connectivity index (χ1n) is 8.93. The van der Waals surface area contributed by atoms with Gasteiger partial charge in [-0.1, -0.05) is 30.3 Å². The number of carbonyl (C=O) groups is 1. The lowest BCUT2D eigenvalue weighted by atomic mass is 10.1. The molecule has 1 aromatic carbocycles. The topological polar surface area (TPSA) is 36.0 Å². The van der Waals surface area contributed by atoms with E-state index in [0.717, 1.165) is 39.1 Å². The molecule has 2 heterocycles. The molecule has 3 rings (SSSR count). The number of likely N-dealkylation sites (tertiary alicyclic amines) is 1. The monoisotopic (exact) mass is 331 g/mol. The summed E-state index contributed by atoms with van der Waals surface area (Å²) in [5.74, 6) is 0.766. The van der Waals surface area contributed by atoms with Crippen LogP contribution in [0.4, 0.5) is 0 Å². The van der Waals surface area contributed by atoms with Crippen LogP contribution in [0.5, 0.6) is 0 Å². The maximum atomic E-state index is 12.8. The molecule has 0 aromatic heterocycles. The van der Waals surface area contributed by atoms with Crippen molar-refractivity contribution in [1.82, 2.24) is 14.7 Å². The zero-order chi connectivity index (χ0) is 16.9. The highest BCUT2D eigenvalue weighted by molar-refractivity contribution is 5.81. The predicted octanol–water partition coefficient (Wildman–Crippen LogP) is 1.30. The Morgan fingerprint density at radius 1 is 1.21 bits per heavy atom. The first-order chi connectivity index (χ1) is 11.6. The normalized spacial score (nSPS) is 25.4. The van der Waals surface area contributed by atoms with E-state index in [-0.39, 0.29) is 12.0 Å². The molecule has 24 heavy (non-hydrogen) atoms. The lowest BCUT2D eigenvalue weighted by Crippen LogP contribution is -2.50. The fourth-order valence-corrected chi connectivity index (χ4v) is 3.74. The zero-order valence-electron chi connectivity index (χ0n) is 14.9. The molecule has 0 radical (unpaired) electrons. The Morgan fingerprint density at radius 2 is 2.00 bits per heavy atom. The summed E-state index contributed by atoms with van der Waals surface area (Å²) in [7, 11) is 4.19. The van der Waals surface area contributed by atoms with Gasteiger partial charge in [-0.05, 0) is 32.0 Å². The molecule has 2 aliphatic heterocycles. The summed E-state index contributed by atoms with van der Waals surface area (Å²) in [6, 6.07) is 10.4. The highest BCUT2D eigenvalue weighted by atomic mass is 16.5. The number of morpholine rings is 1. The molecule has 0 spiro atoms. The lowest BCUT2D eigenvalue weighted by molar-refractivity contribution is -0.148. The van der Waals surface area contributed by atoms with Crippen LogP contribution < -0.4 is 0 Å². The van der Waals surface area contributed by atoms with E-state index in [9.17, 15) is 4.79 Å². The van der Waals surface area contributed by atoms with Crippen molar-refractivity contribution in [3.63, 3.8) is 0 Å². The molecule has 0 saturated carbocycles. The number of ether oxygens (including phenoxy) is 1. The molecule has 5 nitrogen and oxygen atoms in total. The van der Waals surface area contributed by atoms with E-state index in [0.29, 0.717) is 19.1 Å². The second kappa shape index (κ2) is 8.10. The first kappa shape index (κ1) is 17.4. The average molecular weight is 331 g/mol. The van der Waals surface area contributed by atoms with Gasteiger partial charge in [-0.25, -0.2) is 0 Å². The molecule has 132 valence electrons. The van der Waals surface area contributed by atoms with Crippen LogP contribution in [-0.4, -0.2) is 80.1 Å². The third-order valence-corrected chi connectivity index (χ3v) is 4.90. The molecule has 0 bridgehead atoms. The van der Waals surface area contributed by atoms with E-state index in [2.05, 4.69) is 48.2 Å². The number of rotatable bonds is 5. The molecule has 2 atom stereocenters. The summed E-state index contributed by atoms with van der Waals surface area (Å²) in [5.41, 5.74) is 1.29. The van der Waals surface area contributed by atoms with Crippen molar-refractivity contribution < 1.29 is 9.53 Å². The van der Waals surface area contributed by atoms with Gasteiger partial charge in [0.15, 0.2) is 0 Å². The fourth-order valence-electron chi connectivity index (χ4n) is 3.74. The number of carbonyl (C=O) groups excluding carboxylic acids is 1. The van der Waals surface area contributed by atoms with Gasteiger partial charge in [-0.3, -0.25) is 9.69 Å². The van der Waals surface area contributed by atoms with Crippen LogP contribution in [0.3, 0.4) is 0 Å². The van der Waals surface area contributed by atoms with Gasteiger partial charge in [0, 0.05) is 39.3 Å². The van der Waals surface area contributed by atoms with E-state index < -0.39 is 0 Å². The summed E-state index contributed by atoms with van der Waals surface area (Å²) >= 11 is 0. The molecule has 0 N–H and O–H groups in total. The van der Waals surface area contributed by atoms with Crippen molar-refractivity contribution in [3.8, 4) is 0 Å².